The Hall–Kier alpha value is -1.98. The fourth-order valence-corrected chi connectivity index (χ4v) is 2.75. The number of nitriles is 1. The fourth-order valence-electron chi connectivity index (χ4n) is 2.23. The van der Waals surface area contributed by atoms with Gasteiger partial charge in [-0.05, 0) is 42.3 Å². The molecule has 132 valence electrons. The minimum absolute atomic E-state index is 0.00599. The molecule has 0 aromatic heterocycles. The molecule has 25 heavy (non-hydrogen) atoms. The molecule has 2 atom stereocenters. The molecule has 0 aliphatic rings. The van der Waals surface area contributed by atoms with Crippen LogP contribution in [0, 0.1) is 22.6 Å². The van der Waals surface area contributed by atoms with Gasteiger partial charge in [-0.25, -0.2) is 9.11 Å². The van der Waals surface area contributed by atoms with E-state index in [-0.39, 0.29) is 19.6 Å². The van der Waals surface area contributed by atoms with Gasteiger partial charge in [0.05, 0.1) is 6.07 Å². The molecule has 0 spiro atoms. The number of benzene rings is 2. The third-order valence-corrected chi connectivity index (χ3v) is 4.21. The molecule has 8 heteroatoms. The normalized spacial score (nSPS) is 14.3. The maximum atomic E-state index is 14.0. The van der Waals surface area contributed by atoms with Crippen molar-refractivity contribution in [1.82, 2.24) is 4.72 Å². The van der Waals surface area contributed by atoms with Crippen LogP contribution in [0.3, 0.4) is 0 Å². The standard InChI is InChI=1S/C17H16ClFN2O3S/c18-14-5-7-15(8-6-14)24-12-17(10-20,11-21-25(22)23)9-13-3-1-2-4-16(13)19/h1-8,21H,9,11-12H2,(H,22,23)/p-1. The SMILES string of the molecule is N#CC(CNS(=O)[O-])(COc1ccc(Cl)cc1)Cc1ccccc1F. The summed E-state index contributed by atoms with van der Waals surface area (Å²) in [7, 11) is 0. The van der Waals surface area contributed by atoms with Crippen LogP contribution in [0.5, 0.6) is 5.75 Å². The van der Waals surface area contributed by atoms with Crippen LogP contribution < -0.4 is 9.46 Å². The highest BCUT2D eigenvalue weighted by atomic mass is 35.5. The van der Waals surface area contributed by atoms with Crippen molar-refractivity contribution in [3.8, 4) is 11.8 Å². The second kappa shape index (κ2) is 8.92. The van der Waals surface area contributed by atoms with Crippen LogP contribution >= 0.6 is 11.6 Å². The lowest BCUT2D eigenvalue weighted by molar-refractivity contribution is 0.196. The maximum Gasteiger partial charge on any atom is 0.126 e. The molecule has 0 aliphatic heterocycles. The number of hydrogen-bond acceptors (Lipinski definition) is 4. The van der Waals surface area contributed by atoms with E-state index in [0.29, 0.717) is 16.3 Å². The van der Waals surface area contributed by atoms with E-state index < -0.39 is 22.5 Å². The first-order valence-corrected chi connectivity index (χ1v) is 8.75. The number of nitrogens with one attached hydrogen (secondary N) is 1. The third-order valence-electron chi connectivity index (χ3n) is 3.58. The van der Waals surface area contributed by atoms with Crippen LogP contribution in [0.1, 0.15) is 5.56 Å². The number of rotatable bonds is 8. The lowest BCUT2D eigenvalue weighted by Gasteiger charge is -2.27. The quantitative estimate of drug-likeness (QED) is 0.712. The molecule has 2 unspecified atom stereocenters. The molecular formula is C17H15ClFN2O3S-. The molecule has 1 N–H and O–H groups in total. The van der Waals surface area contributed by atoms with Crippen LogP contribution in [-0.2, 0) is 17.7 Å². The average Bonchev–Trinajstić information content (AvgIpc) is 2.60. The number of hydrogen-bond donors (Lipinski definition) is 1. The first kappa shape index (κ1) is 19.3. The predicted octanol–water partition coefficient (Wildman–Crippen LogP) is 2.99. The van der Waals surface area contributed by atoms with Crippen LogP contribution in [0.15, 0.2) is 48.5 Å². The van der Waals surface area contributed by atoms with Gasteiger partial charge in [0.25, 0.3) is 0 Å². The Morgan fingerprint density at radius 1 is 1.28 bits per heavy atom. The van der Waals surface area contributed by atoms with Gasteiger partial charge in [-0.15, -0.1) is 0 Å². The van der Waals surface area contributed by atoms with Crippen molar-refractivity contribution in [2.75, 3.05) is 13.2 Å². The molecule has 5 nitrogen and oxygen atoms in total. The van der Waals surface area contributed by atoms with Crippen LogP contribution in [-0.4, -0.2) is 21.9 Å². The second-order valence-corrected chi connectivity index (χ2v) is 6.65. The third kappa shape index (κ3) is 5.80. The van der Waals surface area contributed by atoms with Crippen molar-refractivity contribution in [2.45, 2.75) is 6.42 Å². The molecule has 0 saturated heterocycles. The predicted molar refractivity (Wildman–Crippen MR) is 92.0 cm³/mol. The van der Waals surface area contributed by atoms with Crippen molar-refractivity contribution >= 4 is 22.9 Å². The van der Waals surface area contributed by atoms with Gasteiger partial charge in [0.2, 0.25) is 0 Å². The first-order chi connectivity index (χ1) is 11.9. The van der Waals surface area contributed by atoms with Gasteiger partial charge >= 0.3 is 0 Å². The summed E-state index contributed by atoms with van der Waals surface area (Å²) in [6.07, 6.45) is -0.00599. The van der Waals surface area contributed by atoms with Crippen molar-refractivity contribution in [2.24, 2.45) is 5.41 Å². The Labute approximate surface area is 152 Å². The summed E-state index contributed by atoms with van der Waals surface area (Å²) < 4.78 is 43.5. The molecule has 2 aromatic carbocycles. The molecule has 0 amide bonds. The largest absolute Gasteiger partial charge is 0.760 e. The van der Waals surface area contributed by atoms with E-state index in [1.807, 2.05) is 0 Å². The zero-order chi connectivity index (χ0) is 18.3. The Morgan fingerprint density at radius 3 is 2.56 bits per heavy atom. The molecule has 0 aliphatic carbocycles. The van der Waals surface area contributed by atoms with E-state index in [9.17, 15) is 18.4 Å². The minimum atomic E-state index is -2.55. The minimum Gasteiger partial charge on any atom is -0.760 e. The van der Waals surface area contributed by atoms with E-state index >= 15 is 0 Å². The zero-order valence-electron chi connectivity index (χ0n) is 13.1. The first-order valence-electron chi connectivity index (χ1n) is 7.30. The summed E-state index contributed by atoms with van der Waals surface area (Å²) in [5.74, 6) is 0.0117. The van der Waals surface area contributed by atoms with Crippen molar-refractivity contribution in [3.63, 3.8) is 0 Å². The fraction of sp³-hybridized carbons (Fsp3) is 0.235. The Morgan fingerprint density at radius 2 is 1.96 bits per heavy atom. The summed E-state index contributed by atoms with van der Waals surface area (Å²) in [6, 6.07) is 14.6. The highest BCUT2D eigenvalue weighted by molar-refractivity contribution is 7.77. The van der Waals surface area contributed by atoms with E-state index in [0.717, 1.165) is 0 Å². The van der Waals surface area contributed by atoms with Crippen LogP contribution in [0.2, 0.25) is 5.02 Å². The second-order valence-electron chi connectivity index (χ2n) is 5.46. The van der Waals surface area contributed by atoms with Gasteiger partial charge in [-0.2, -0.15) is 5.26 Å². The van der Waals surface area contributed by atoms with Crippen molar-refractivity contribution in [1.29, 1.82) is 5.26 Å². The van der Waals surface area contributed by atoms with E-state index in [2.05, 4.69) is 10.8 Å². The highest BCUT2D eigenvalue weighted by Gasteiger charge is 2.33. The van der Waals surface area contributed by atoms with Gasteiger partial charge in [-0.1, -0.05) is 29.8 Å². The lowest BCUT2D eigenvalue weighted by atomic mass is 9.83. The molecular weight excluding hydrogens is 367 g/mol. The smallest absolute Gasteiger partial charge is 0.126 e. The lowest BCUT2D eigenvalue weighted by Crippen LogP contribution is -2.40. The summed E-state index contributed by atoms with van der Waals surface area (Å²) in [4.78, 5) is 0. The Balaban J connectivity index is 2.21. The van der Waals surface area contributed by atoms with Crippen molar-refractivity contribution in [3.05, 3.63) is 64.9 Å². The zero-order valence-corrected chi connectivity index (χ0v) is 14.6. The monoisotopic (exact) mass is 381 g/mol. The van der Waals surface area contributed by atoms with E-state index in [1.165, 1.54) is 6.07 Å². The molecule has 2 aromatic rings. The Kier molecular flexibility index (Phi) is 6.91. The summed E-state index contributed by atoms with van der Waals surface area (Å²) in [5, 5.41) is 10.2. The maximum absolute atomic E-state index is 14.0. The van der Waals surface area contributed by atoms with Crippen molar-refractivity contribution < 1.29 is 17.9 Å². The number of ether oxygens (including phenoxy) is 1. The van der Waals surface area contributed by atoms with Gasteiger partial charge in [0, 0.05) is 22.8 Å². The van der Waals surface area contributed by atoms with Crippen LogP contribution in [0.4, 0.5) is 4.39 Å². The molecule has 0 fully saturated rings. The molecule has 0 bridgehead atoms. The molecule has 0 radical (unpaired) electrons. The van der Waals surface area contributed by atoms with E-state index in [4.69, 9.17) is 16.3 Å². The number of halogens is 2. The van der Waals surface area contributed by atoms with Gasteiger partial charge < -0.3 is 9.29 Å². The van der Waals surface area contributed by atoms with Gasteiger partial charge in [0.1, 0.15) is 23.6 Å². The average molecular weight is 382 g/mol. The van der Waals surface area contributed by atoms with Gasteiger partial charge in [0.15, 0.2) is 0 Å². The highest BCUT2D eigenvalue weighted by Crippen LogP contribution is 2.26. The summed E-state index contributed by atoms with van der Waals surface area (Å²) in [6.45, 7) is -0.328. The summed E-state index contributed by atoms with van der Waals surface area (Å²) >= 11 is 3.26. The number of nitrogens with zero attached hydrogens (tertiary/aromatic N) is 1. The molecule has 2 rings (SSSR count). The Bertz CT molecular complexity index is 782. The summed E-state index contributed by atoms with van der Waals surface area (Å²) in [5.41, 5.74) is -0.968. The topological polar surface area (TPSA) is 85.2 Å². The molecule has 0 heterocycles. The van der Waals surface area contributed by atoms with E-state index in [1.54, 1.807) is 42.5 Å². The molecule has 0 saturated carbocycles. The van der Waals surface area contributed by atoms with Gasteiger partial charge in [-0.3, -0.25) is 4.21 Å². The van der Waals surface area contributed by atoms with Crippen LogP contribution in [0.25, 0.3) is 0 Å².